The highest BCUT2D eigenvalue weighted by molar-refractivity contribution is 6.00. The van der Waals surface area contributed by atoms with E-state index in [9.17, 15) is 9.59 Å². The van der Waals surface area contributed by atoms with Gasteiger partial charge in [-0.15, -0.1) is 0 Å². The fourth-order valence-electron chi connectivity index (χ4n) is 1.21. The van der Waals surface area contributed by atoms with Crippen molar-refractivity contribution in [3.63, 3.8) is 0 Å². The SMILES string of the molecule is CC1CN(C(=O)CCCN)C1=O. The molecule has 1 fully saturated rings. The van der Waals surface area contributed by atoms with Crippen molar-refractivity contribution >= 4 is 11.8 Å². The van der Waals surface area contributed by atoms with Crippen LogP contribution < -0.4 is 5.73 Å². The van der Waals surface area contributed by atoms with E-state index in [4.69, 9.17) is 5.73 Å². The van der Waals surface area contributed by atoms with Crippen molar-refractivity contribution in [1.82, 2.24) is 4.90 Å². The van der Waals surface area contributed by atoms with E-state index < -0.39 is 0 Å². The Morgan fingerprint density at radius 1 is 1.75 bits per heavy atom. The smallest absolute Gasteiger partial charge is 0.233 e. The van der Waals surface area contributed by atoms with Crippen LogP contribution in [0.5, 0.6) is 0 Å². The molecule has 2 N–H and O–H groups in total. The first-order valence-electron chi connectivity index (χ1n) is 4.21. The van der Waals surface area contributed by atoms with Gasteiger partial charge in [0.15, 0.2) is 0 Å². The Labute approximate surface area is 71.7 Å². The van der Waals surface area contributed by atoms with Gasteiger partial charge < -0.3 is 5.73 Å². The highest BCUT2D eigenvalue weighted by atomic mass is 16.2. The molecular weight excluding hydrogens is 156 g/mol. The van der Waals surface area contributed by atoms with E-state index in [0.717, 1.165) is 0 Å². The minimum atomic E-state index is -0.0800. The lowest BCUT2D eigenvalue weighted by molar-refractivity contribution is -0.157. The molecule has 12 heavy (non-hydrogen) atoms. The fraction of sp³-hybridized carbons (Fsp3) is 0.750. The third-order valence-electron chi connectivity index (χ3n) is 2.04. The summed E-state index contributed by atoms with van der Waals surface area (Å²) in [6, 6.07) is 0. The molecule has 0 spiro atoms. The summed E-state index contributed by atoms with van der Waals surface area (Å²) in [5, 5.41) is 0. The maximum absolute atomic E-state index is 11.2. The van der Waals surface area contributed by atoms with Crippen molar-refractivity contribution in [2.45, 2.75) is 19.8 Å². The molecule has 1 saturated heterocycles. The number of carbonyl (C=O) groups excluding carboxylic acids is 2. The Morgan fingerprint density at radius 3 is 2.83 bits per heavy atom. The Balaban J connectivity index is 2.30. The van der Waals surface area contributed by atoms with Crippen molar-refractivity contribution in [2.24, 2.45) is 11.7 Å². The molecule has 1 heterocycles. The molecule has 2 amide bonds. The molecule has 0 aliphatic carbocycles. The lowest BCUT2D eigenvalue weighted by Crippen LogP contribution is -2.54. The van der Waals surface area contributed by atoms with Crippen molar-refractivity contribution in [2.75, 3.05) is 13.1 Å². The van der Waals surface area contributed by atoms with Crippen LogP contribution in [0.15, 0.2) is 0 Å². The molecule has 1 rings (SSSR count). The second-order valence-corrected chi connectivity index (χ2v) is 3.14. The normalized spacial score (nSPS) is 22.3. The number of imide groups is 1. The van der Waals surface area contributed by atoms with Gasteiger partial charge in [-0.05, 0) is 13.0 Å². The monoisotopic (exact) mass is 170 g/mol. The van der Waals surface area contributed by atoms with Crippen LogP contribution in [0.2, 0.25) is 0 Å². The van der Waals surface area contributed by atoms with Gasteiger partial charge in [0.2, 0.25) is 11.8 Å². The fourth-order valence-corrected chi connectivity index (χ4v) is 1.21. The minimum Gasteiger partial charge on any atom is -0.330 e. The summed E-state index contributed by atoms with van der Waals surface area (Å²) in [5.41, 5.74) is 5.24. The molecule has 1 atom stereocenters. The predicted octanol–water partition coefficient (Wildman–Crippen LogP) is -0.270. The van der Waals surface area contributed by atoms with E-state index in [-0.39, 0.29) is 17.7 Å². The molecule has 1 unspecified atom stereocenters. The molecule has 0 aromatic rings. The highest BCUT2D eigenvalue weighted by Gasteiger charge is 2.36. The van der Waals surface area contributed by atoms with E-state index in [0.29, 0.717) is 25.9 Å². The van der Waals surface area contributed by atoms with Gasteiger partial charge in [0.05, 0.1) is 5.92 Å². The zero-order valence-electron chi connectivity index (χ0n) is 7.25. The first-order valence-corrected chi connectivity index (χ1v) is 4.21. The van der Waals surface area contributed by atoms with Crippen molar-refractivity contribution in [3.05, 3.63) is 0 Å². The lowest BCUT2D eigenvalue weighted by Gasteiger charge is -2.34. The largest absolute Gasteiger partial charge is 0.330 e. The Kier molecular flexibility index (Phi) is 2.81. The van der Waals surface area contributed by atoms with Gasteiger partial charge >= 0.3 is 0 Å². The lowest BCUT2D eigenvalue weighted by atomic mass is 10.0. The Hall–Kier alpha value is -0.900. The van der Waals surface area contributed by atoms with Crippen LogP contribution in [0.25, 0.3) is 0 Å². The van der Waals surface area contributed by atoms with E-state index in [1.807, 2.05) is 6.92 Å². The summed E-state index contributed by atoms with van der Waals surface area (Å²) in [5.74, 6) is -0.0904. The van der Waals surface area contributed by atoms with E-state index >= 15 is 0 Å². The van der Waals surface area contributed by atoms with Gasteiger partial charge in [-0.1, -0.05) is 6.92 Å². The maximum Gasteiger partial charge on any atom is 0.233 e. The standard InChI is InChI=1S/C8H14N2O2/c1-6-5-10(8(6)12)7(11)3-2-4-9/h6H,2-5,9H2,1H3. The topological polar surface area (TPSA) is 63.4 Å². The molecule has 0 aromatic heterocycles. The number of β-lactam (4-membered cyclic amide) rings is 1. The number of amides is 2. The quantitative estimate of drug-likeness (QED) is 0.593. The number of hydrogen-bond acceptors (Lipinski definition) is 3. The highest BCUT2D eigenvalue weighted by Crippen LogP contribution is 2.17. The van der Waals surface area contributed by atoms with Gasteiger partial charge in [0, 0.05) is 13.0 Å². The second kappa shape index (κ2) is 3.67. The summed E-state index contributed by atoms with van der Waals surface area (Å²) in [4.78, 5) is 23.5. The summed E-state index contributed by atoms with van der Waals surface area (Å²) < 4.78 is 0. The molecule has 0 bridgehead atoms. The number of carbonyl (C=O) groups is 2. The summed E-state index contributed by atoms with van der Waals surface area (Å²) in [6.07, 6.45) is 1.06. The van der Waals surface area contributed by atoms with Crippen LogP contribution in [-0.4, -0.2) is 29.8 Å². The molecule has 0 aromatic carbocycles. The van der Waals surface area contributed by atoms with Crippen LogP contribution >= 0.6 is 0 Å². The van der Waals surface area contributed by atoms with Crippen molar-refractivity contribution in [1.29, 1.82) is 0 Å². The first kappa shape index (κ1) is 9.19. The van der Waals surface area contributed by atoms with Gasteiger partial charge in [0.1, 0.15) is 0 Å². The van der Waals surface area contributed by atoms with Crippen molar-refractivity contribution in [3.8, 4) is 0 Å². The number of rotatable bonds is 3. The number of hydrogen-bond donors (Lipinski definition) is 1. The van der Waals surface area contributed by atoms with Crippen LogP contribution in [0.3, 0.4) is 0 Å². The molecule has 0 radical (unpaired) electrons. The zero-order chi connectivity index (χ0) is 9.14. The van der Waals surface area contributed by atoms with E-state index in [1.54, 1.807) is 0 Å². The molecular formula is C8H14N2O2. The van der Waals surface area contributed by atoms with E-state index in [2.05, 4.69) is 0 Å². The molecule has 1 aliphatic heterocycles. The Bertz CT molecular complexity index is 203. The number of nitrogens with two attached hydrogens (primary N) is 1. The molecule has 68 valence electrons. The molecule has 0 saturated carbocycles. The Morgan fingerprint density at radius 2 is 2.42 bits per heavy atom. The van der Waals surface area contributed by atoms with Crippen molar-refractivity contribution < 1.29 is 9.59 Å². The second-order valence-electron chi connectivity index (χ2n) is 3.14. The third-order valence-corrected chi connectivity index (χ3v) is 2.04. The number of nitrogens with zero attached hydrogens (tertiary/aromatic N) is 1. The van der Waals surface area contributed by atoms with Gasteiger partial charge in [-0.25, -0.2) is 0 Å². The van der Waals surface area contributed by atoms with Gasteiger partial charge in [-0.3, -0.25) is 14.5 Å². The minimum absolute atomic E-state index is 0.0341. The zero-order valence-corrected chi connectivity index (χ0v) is 7.25. The average molecular weight is 170 g/mol. The predicted molar refractivity (Wildman–Crippen MR) is 44.2 cm³/mol. The maximum atomic E-state index is 11.2. The van der Waals surface area contributed by atoms with Crippen LogP contribution in [0.4, 0.5) is 0 Å². The summed E-state index contributed by atoms with van der Waals surface area (Å²) in [7, 11) is 0. The summed E-state index contributed by atoms with van der Waals surface area (Å²) in [6.45, 7) is 2.92. The van der Waals surface area contributed by atoms with Crippen LogP contribution in [0, 0.1) is 5.92 Å². The van der Waals surface area contributed by atoms with Crippen LogP contribution in [0.1, 0.15) is 19.8 Å². The van der Waals surface area contributed by atoms with Gasteiger partial charge in [0.25, 0.3) is 0 Å². The molecule has 4 nitrogen and oxygen atoms in total. The average Bonchev–Trinajstić information content (AvgIpc) is 2.09. The van der Waals surface area contributed by atoms with E-state index in [1.165, 1.54) is 4.90 Å². The summed E-state index contributed by atoms with van der Waals surface area (Å²) >= 11 is 0. The van der Waals surface area contributed by atoms with Crippen LogP contribution in [-0.2, 0) is 9.59 Å². The van der Waals surface area contributed by atoms with Gasteiger partial charge in [-0.2, -0.15) is 0 Å². The first-order chi connectivity index (χ1) is 5.66. The molecule has 4 heteroatoms. The third kappa shape index (κ3) is 1.64. The number of likely N-dealkylation sites (tertiary alicyclic amines) is 1. The molecule has 1 aliphatic rings.